The summed E-state index contributed by atoms with van der Waals surface area (Å²) in [5, 5.41) is 8.05. The summed E-state index contributed by atoms with van der Waals surface area (Å²) in [5.41, 5.74) is 2.53. The first-order valence-corrected chi connectivity index (χ1v) is 12.9. The third kappa shape index (κ3) is 4.38. The van der Waals surface area contributed by atoms with Crippen LogP contribution in [0.5, 0.6) is 0 Å². The summed E-state index contributed by atoms with van der Waals surface area (Å²) in [6, 6.07) is 10.4. The molecule has 182 valence electrons. The Morgan fingerprint density at radius 2 is 1.91 bits per heavy atom. The maximum Gasteiger partial charge on any atom is 0.273 e. The zero-order valence-corrected chi connectivity index (χ0v) is 20.4. The van der Waals surface area contributed by atoms with Crippen molar-refractivity contribution in [3.8, 4) is 11.3 Å². The average Bonchev–Trinajstić information content (AvgIpc) is 3.52. The maximum atomic E-state index is 13.8. The molecule has 3 aliphatic rings. The number of carbonyl (C=O) groups excluding carboxylic acids is 2. The maximum absolute atomic E-state index is 13.8. The summed E-state index contributed by atoms with van der Waals surface area (Å²) in [4.78, 5) is 29.2. The van der Waals surface area contributed by atoms with Crippen molar-refractivity contribution < 1.29 is 14.3 Å². The van der Waals surface area contributed by atoms with E-state index in [1.807, 2.05) is 13.0 Å². The van der Waals surface area contributed by atoms with E-state index in [2.05, 4.69) is 36.5 Å². The van der Waals surface area contributed by atoms with Crippen molar-refractivity contribution in [3.63, 3.8) is 0 Å². The Balaban J connectivity index is 1.46. The number of amides is 2. The average molecular weight is 465 g/mol. The van der Waals surface area contributed by atoms with Gasteiger partial charge in [-0.05, 0) is 50.7 Å². The lowest BCUT2D eigenvalue weighted by Crippen LogP contribution is -2.66. The van der Waals surface area contributed by atoms with Crippen LogP contribution in [0, 0.1) is 0 Å². The third-order valence-corrected chi connectivity index (χ3v) is 7.80. The minimum atomic E-state index is -1.01. The van der Waals surface area contributed by atoms with E-state index in [1.165, 1.54) is 12.0 Å². The number of aryl methyl sites for hydroxylation is 1. The topological polar surface area (TPSA) is 76.5 Å². The van der Waals surface area contributed by atoms with Gasteiger partial charge in [0.1, 0.15) is 11.2 Å². The number of nitrogens with one attached hydrogen (secondary N) is 1. The van der Waals surface area contributed by atoms with Gasteiger partial charge in [0.2, 0.25) is 5.91 Å². The van der Waals surface area contributed by atoms with Gasteiger partial charge in [0.05, 0.1) is 18.3 Å². The van der Waals surface area contributed by atoms with Crippen molar-refractivity contribution in [1.82, 2.24) is 20.0 Å². The minimum absolute atomic E-state index is 0.0266. The summed E-state index contributed by atoms with van der Waals surface area (Å²) >= 11 is 0. The summed E-state index contributed by atoms with van der Waals surface area (Å²) in [7, 11) is 0. The molecule has 7 nitrogen and oxygen atoms in total. The monoisotopic (exact) mass is 464 g/mol. The van der Waals surface area contributed by atoms with Crippen LogP contribution < -0.4 is 5.32 Å². The van der Waals surface area contributed by atoms with Crippen LogP contribution in [0.4, 0.5) is 0 Å². The second kappa shape index (κ2) is 9.53. The van der Waals surface area contributed by atoms with E-state index in [-0.39, 0.29) is 24.0 Å². The molecule has 1 aromatic carbocycles. The Morgan fingerprint density at radius 3 is 2.59 bits per heavy atom. The standard InChI is InChI=1S/C27H36N4O3/c1-3-19-11-13-20(14-12-19)23-16-24-25(32)30(17-22-10-7-15-34-22)27(2,18-31(24)29-23)26(33)28-21-8-5-4-6-9-21/h11-14,16,21-22H,3-10,15,17-18H2,1-2H3,(H,28,33)/t22-,27-/m0/s1. The Hall–Kier alpha value is -2.67. The SMILES string of the molecule is CCc1ccc(-c2cc3n(n2)C[C@@](C)(C(=O)NC2CCCCC2)N(C[C@@H]2CCCO2)C3=O)cc1. The lowest BCUT2D eigenvalue weighted by atomic mass is 9.91. The number of carbonyl (C=O) groups is 2. The molecule has 2 aromatic rings. The molecule has 0 bridgehead atoms. The summed E-state index contributed by atoms with van der Waals surface area (Å²) < 4.78 is 7.60. The van der Waals surface area contributed by atoms with E-state index in [0.29, 0.717) is 25.4 Å². The van der Waals surface area contributed by atoms with Gasteiger partial charge in [-0.2, -0.15) is 5.10 Å². The number of hydrogen-bond donors (Lipinski definition) is 1. The highest BCUT2D eigenvalue weighted by Crippen LogP contribution is 2.32. The van der Waals surface area contributed by atoms with Crippen molar-refractivity contribution in [3.05, 3.63) is 41.6 Å². The Morgan fingerprint density at radius 1 is 1.15 bits per heavy atom. The van der Waals surface area contributed by atoms with Gasteiger partial charge in [-0.1, -0.05) is 50.5 Å². The number of nitrogens with zero attached hydrogens (tertiary/aromatic N) is 3. The molecule has 7 heteroatoms. The van der Waals surface area contributed by atoms with E-state index in [4.69, 9.17) is 9.84 Å². The predicted octanol–water partition coefficient (Wildman–Crippen LogP) is 3.95. The molecular formula is C27H36N4O3. The summed E-state index contributed by atoms with van der Waals surface area (Å²) in [5.74, 6) is -0.229. The van der Waals surface area contributed by atoms with Crippen molar-refractivity contribution in [2.75, 3.05) is 13.2 Å². The molecular weight excluding hydrogens is 428 g/mol. The van der Waals surface area contributed by atoms with Gasteiger partial charge in [-0.25, -0.2) is 0 Å². The van der Waals surface area contributed by atoms with Crippen molar-refractivity contribution in [2.45, 2.75) is 89.4 Å². The quantitative estimate of drug-likeness (QED) is 0.702. The van der Waals surface area contributed by atoms with Gasteiger partial charge in [-0.15, -0.1) is 0 Å². The summed E-state index contributed by atoms with van der Waals surface area (Å²) in [6.45, 7) is 5.50. The molecule has 0 spiro atoms. The highest BCUT2D eigenvalue weighted by Gasteiger charge is 2.49. The number of rotatable bonds is 6. The lowest BCUT2D eigenvalue weighted by molar-refractivity contribution is -0.134. The molecule has 2 atom stereocenters. The highest BCUT2D eigenvalue weighted by atomic mass is 16.5. The molecule has 1 saturated carbocycles. The van der Waals surface area contributed by atoms with Crippen LogP contribution in [0.25, 0.3) is 11.3 Å². The van der Waals surface area contributed by atoms with E-state index < -0.39 is 5.54 Å². The van der Waals surface area contributed by atoms with Crippen molar-refractivity contribution in [2.24, 2.45) is 0 Å². The van der Waals surface area contributed by atoms with E-state index in [0.717, 1.165) is 56.2 Å². The Bertz CT molecular complexity index is 1030. The molecule has 1 aliphatic carbocycles. The summed E-state index contributed by atoms with van der Waals surface area (Å²) in [6.07, 6.45) is 8.39. The van der Waals surface area contributed by atoms with Crippen LogP contribution in [0.1, 0.15) is 74.8 Å². The van der Waals surface area contributed by atoms with Crippen LogP contribution in [-0.4, -0.2) is 57.3 Å². The molecule has 3 heterocycles. The highest BCUT2D eigenvalue weighted by molar-refractivity contribution is 6.00. The molecule has 0 unspecified atom stereocenters. The number of hydrogen-bond acceptors (Lipinski definition) is 4. The van der Waals surface area contributed by atoms with Crippen LogP contribution >= 0.6 is 0 Å². The largest absolute Gasteiger partial charge is 0.376 e. The van der Waals surface area contributed by atoms with Crippen LogP contribution in [-0.2, 0) is 22.5 Å². The van der Waals surface area contributed by atoms with E-state index in [1.54, 1.807) is 9.58 Å². The molecule has 2 fully saturated rings. The van der Waals surface area contributed by atoms with Gasteiger partial charge in [0, 0.05) is 24.8 Å². The predicted molar refractivity (Wildman–Crippen MR) is 130 cm³/mol. The number of aromatic nitrogens is 2. The molecule has 0 radical (unpaired) electrons. The number of benzene rings is 1. The second-order valence-electron chi connectivity index (χ2n) is 10.3. The van der Waals surface area contributed by atoms with Gasteiger partial charge in [0.15, 0.2) is 0 Å². The van der Waals surface area contributed by atoms with Gasteiger partial charge < -0.3 is 15.0 Å². The number of fused-ring (bicyclic) bond motifs is 1. The van der Waals surface area contributed by atoms with E-state index >= 15 is 0 Å². The fourth-order valence-corrected chi connectivity index (χ4v) is 5.56. The fourth-order valence-electron chi connectivity index (χ4n) is 5.56. The molecule has 1 saturated heterocycles. The molecule has 2 amide bonds. The number of ether oxygens (including phenoxy) is 1. The van der Waals surface area contributed by atoms with Gasteiger partial charge >= 0.3 is 0 Å². The molecule has 5 rings (SSSR count). The minimum Gasteiger partial charge on any atom is -0.376 e. The van der Waals surface area contributed by atoms with Crippen LogP contribution in [0.15, 0.2) is 30.3 Å². The third-order valence-electron chi connectivity index (χ3n) is 7.80. The molecule has 1 aromatic heterocycles. The Labute approximate surface area is 201 Å². The van der Waals surface area contributed by atoms with Gasteiger partial charge in [-0.3, -0.25) is 14.3 Å². The molecule has 1 N–H and O–H groups in total. The first-order valence-electron chi connectivity index (χ1n) is 12.9. The normalized spacial score (nSPS) is 25.4. The van der Waals surface area contributed by atoms with Crippen LogP contribution in [0.3, 0.4) is 0 Å². The Kier molecular flexibility index (Phi) is 6.47. The smallest absolute Gasteiger partial charge is 0.273 e. The molecule has 2 aliphatic heterocycles. The zero-order valence-electron chi connectivity index (χ0n) is 20.4. The van der Waals surface area contributed by atoms with Crippen molar-refractivity contribution in [1.29, 1.82) is 0 Å². The molecule has 34 heavy (non-hydrogen) atoms. The first-order chi connectivity index (χ1) is 16.5. The van der Waals surface area contributed by atoms with Crippen molar-refractivity contribution >= 4 is 11.8 Å². The van der Waals surface area contributed by atoms with Crippen LogP contribution in [0.2, 0.25) is 0 Å². The fraction of sp³-hybridized carbons (Fsp3) is 0.593. The van der Waals surface area contributed by atoms with Gasteiger partial charge in [0.25, 0.3) is 5.91 Å². The zero-order chi connectivity index (χ0) is 23.7. The van der Waals surface area contributed by atoms with E-state index in [9.17, 15) is 9.59 Å². The lowest BCUT2D eigenvalue weighted by Gasteiger charge is -2.44. The first kappa shape index (κ1) is 23.1. The second-order valence-corrected chi connectivity index (χ2v) is 10.3.